The van der Waals surface area contributed by atoms with Crippen LogP contribution in [-0.4, -0.2) is 14.2 Å². The van der Waals surface area contributed by atoms with Crippen molar-refractivity contribution in [1.29, 1.82) is 0 Å². The zero-order valence-electron chi connectivity index (χ0n) is 12.4. The van der Waals surface area contributed by atoms with E-state index >= 15 is 0 Å². The van der Waals surface area contributed by atoms with Crippen LogP contribution < -0.4 is 9.47 Å². The molecule has 1 unspecified atom stereocenters. The van der Waals surface area contributed by atoms with E-state index in [1.165, 1.54) is 0 Å². The van der Waals surface area contributed by atoms with Gasteiger partial charge in [0.05, 0.1) is 19.0 Å². The van der Waals surface area contributed by atoms with Gasteiger partial charge < -0.3 is 13.9 Å². The molecule has 2 rings (SSSR count). The summed E-state index contributed by atoms with van der Waals surface area (Å²) in [5.41, 5.74) is 3.34. The number of hydrogen-bond donors (Lipinski definition) is 0. The molecule has 1 heterocycles. The molecular weight excluding hydrogens is 320 g/mol. The lowest BCUT2D eigenvalue weighted by atomic mass is 10.00. The molecule has 0 aliphatic heterocycles. The summed E-state index contributed by atoms with van der Waals surface area (Å²) >= 11 is 3.77. The molecule has 0 N–H and O–H groups in total. The van der Waals surface area contributed by atoms with Crippen LogP contribution in [0.3, 0.4) is 0 Å². The molecule has 3 nitrogen and oxygen atoms in total. The van der Waals surface area contributed by atoms with Crippen LogP contribution >= 0.6 is 15.9 Å². The topological polar surface area (TPSA) is 31.6 Å². The molecule has 0 saturated carbocycles. The second kappa shape index (κ2) is 5.92. The van der Waals surface area contributed by atoms with Gasteiger partial charge in [-0.25, -0.2) is 0 Å². The van der Waals surface area contributed by atoms with Gasteiger partial charge in [-0.3, -0.25) is 0 Å². The molecular formula is C16H19BrO3. The number of halogens is 1. The minimum Gasteiger partial charge on any atom is -0.497 e. The van der Waals surface area contributed by atoms with Crippen molar-refractivity contribution in [3.8, 4) is 11.5 Å². The van der Waals surface area contributed by atoms with Crippen molar-refractivity contribution in [3.63, 3.8) is 0 Å². The lowest BCUT2D eigenvalue weighted by Crippen LogP contribution is -2.00. The summed E-state index contributed by atoms with van der Waals surface area (Å²) in [7, 11) is 3.33. The Bertz CT molecular complexity index is 616. The fourth-order valence-corrected chi connectivity index (χ4v) is 3.40. The van der Waals surface area contributed by atoms with Crippen molar-refractivity contribution in [2.45, 2.75) is 25.6 Å². The van der Waals surface area contributed by atoms with Crippen LogP contribution in [0.2, 0.25) is 0 Å². The van der Waals surface area contributed by atoms with E-state index in [1.54, 1.807) is 14.2 Å². The van der Waals surface area contributed by atoms with Crippen LogP contribution in [0.5, 0.6) is 11.5 Å². The molecule has 2 aromatic rings. The van der Waals surface area contributed by atoms with Crippen LogP contribution in [0.15, 0.2) is 22.6 Å². The highest BCUT2D eigenvalue weighted by Gasteiger charge is 2.23. The first-order valence-corrected chi connectivity index (χ1v) is 7.33. The van der Waals surface area contributed by atoms with E-state index < -0.39 is 0 Å². The number of benzene rings is 1. The minimum atomic E-state index is 0.00463. The van der Waals surface area contributed by atoms with E-state index in [1.807, 2.05) is 32.0 Å². The SMILES string of the molecule is COc1ccc(OC)c(C(Br)c2c(C)oc(C)c2C)c1. The van der Waals surface area contributed by atoms with E-state index in [4.69, 9.17) is 13.9 Å². The number of ether oxygens (including phenoxy) is 2. The molecule has 1 atom stereocenters. The largest absolute Gasteiger partial charge is 0.497 e. The summed E-state index contributed by atoms with van der Waals surface area (Å²) in [4.78, 5) is 0.00463. The minimum absolute atomic E-state index is 0.00463. The Kier molecular flexibility index (Phi) is 4.43. The van der Waals surface area contributed by atoms with Crippen molar-refractivity contribution in [3.05, 3.63) is 46.4 Å². The summed E-state index contributed by atoms with van der Waals surface area (Å²) in [6.45, 7) is 6.03. The van der Waals surface area contributed by atoms with E-state index in [2.05, 4.69) is 22.9 Å². The maximum Gasteiger partial charge on any atom is 0.123 e. The Balaban J connectivity index is 2.54. The Morgan fingerprint density at radius 3 is 2.25 bits per heavy atom. The lowest BCUT2D eigenvalue weighted by molar-refractivity contribution is 0.399. The second-order valence-electron chi connectivity index (χ2n) is 4.72. The van der Waals surface area contributed by atoms with Crippen molar-refractivity contribution >= 4 is 15.9 Å². The predicted octanol–water partition coefficient (Wildman–Crippen LogP) is 4.71. The standard InChI is InChI=1S/C16H19BrO3/c1-9-10(2)20-11(3)15(9)16(17)13-8-12(18-4)6-7-14(13)19-5/h6-8,16H,1-5H3. The van der Waals surface area contributed by atoms with E-state index in [-0.39, 0.29) is 4.83 Å². The van der Waals surface area contributed by atoms with Gasteiger partial charge in [0, 0.05) is 11.1 Å². The molecule has 0 amide bonds. The maximum atomic E-state index is 5.72. The van der Waals surface area contributed by atoms with Gasteiger partial charge in [0.25, 0.3) is 0 Å². The summed E-state index contributed by atoms with van der Waals surface area (Å²) in [6.07, 6.45) is 0. The van der Waals surface area contributed by atoms with Crippen molar-refractivity contribution in [1.82, 2.24) is 0 Å². The van der Waals surface area contributed by atoms with Crippen LogP contribution in [0.1, 0.15) is 33.0 Å². The van der Waals surface area contributed by atoms with Gasteiger partial charge in [-0.05, 0) is 44.5 Å². The first kappa shape index (κ1) is 15.0. The maximum absolute atomic E-state index is 5.72. The van der Waals surface area contributed by atoms with Crippen LogP contribution in [0, 0.1) is 20.8 Å². The molecule has 108 valence electrons. The molecule has 0 radical (unpaired) electrons. The van der Waals surface area contributed by atoms with Crippen molar-refractivity contribution in [2.75, 3.05) is 14.2 Å². The number of hydrogen-bond acceptors (Lipinski definition) is 3. The van der Waals surface area contributed by atoms with Crippen molar-refractivity contribution in [2.24, 2.45) is 0 Å². The number of alkyl halides is 1. The Morgan fingerprint density at radius 1 is 1.05 bits per heavy atom. The molecule has 4 heteroatoms. The monoisotopic (exact) mass is 338 g/mol. The Morgan fingerprint density at radius 2 is 1.75 bits per heavy atom. The zero-order chi connectivity index (χ0) is 14.9. The number of aryl methyl sites for hydroxylation is 2. The highest BCUT2D eigenvalue weighted by atomic mass is 79.9. The van der Waals surface area contributed by atoms with Gasteiger partial charge in [0.2, 0.25) is 0 Å². The quantitative estimate of drug-likeness (QED) is 0.756. The van der Waals surface area contributed by atoms with Gasteiger partial charge in [-0.2, -0.15) is 0 Å². The molecule has 0 spiro atoms. The normalized spacial score (nSPS) is 12.3. The zero-order valence-corrected chi connectivity index (χ0v) is 14.0. The smallest absolute Gasteiger partial charge is 0.123 e. The van der Waals surface area contributed by atoms with Gasteiger partial charge in [0.1, 0.15) is 23.0 Å². The number of methoxy groups -OCH3 is 2. The fourth-order valence-electron chi connectivity index (χ4n) is 2.38. The van der Waals surface area contributed by atoms with E-state index in [0.717, 1.165) is 39.7 Å². The molecule has 1 aromatic carbocycles. The third-order valence-electron chi connectivity index (χ3n) is 3.58. The first-order chi connectivity index (χ1) is 9.49. The average Bonchev–Trinajstić information content (AvgIpc) is 2.70. The van der Waals surface area contributed by atoms with Crippen molar-refractivity contribution < 1.29 is 13.9 Å². The van der Waals surface area contributed by atoms with Crippen LogP contribution in [0.4, 0.5) is 0 Å². The molecule has 0 saturated heterocycles. The molecule has 1 aromatic heterocycles. The third-order valence-corrected chi connectivity index (χ3v) is 4.53. The summed E-state index contributed by atoms with van der Waals surface area (Å²) in [5.74, 6) is 3.50. The summed E-state index contributed by atoms with van der Waals surface area (Å²) < 4.78 is 16.5. The van der Waals surface area contributed by atoms with Gasteiger partial charge in [-0.15, -0.1) is 0 Å². The van der Waals surface area contributed by atoms with E-state index in [0.29, 0.717) is 0 Å². The van der Waals surface area contributed by atoms with Gasteiger partial charge in [0.15, 0.2) is 0 Å². The highest BCUT2D eigenvalue weighted by molar-refractivity contribution is 9.09. The molecule has 0 aliphatic rings. The Hall–Kier alpha value is -1.42. The fraction of sp³-hybridized carbons (Fsp3) is 0.375. The molecule has 0 fully saturated rings. The predicted molar refractivity (Wildman–Crippen MR) is 83.2 cm³/mol. The number of furan rings is 1. The second-order valence-corrected chi connectivity index (χ2v) is 5.64. The average molecular weight is 339 g/mol. The van der Waals surface area contributed by atoms with Crippen LogP contribution in [0.25, 0.3) is 0 Å². The summed E-state index contributed by atoms with van der Waals surface area (Å²) in [6, 6.07) is 5.79. The van der Waals surface area contributed by atoms with Gasteiger partial charge in [-0.1, -0.05) is 15.9 Å². The molecule has 20 heavy (non-hydrogen) atoms. The molecule has 0 bridgehead atoms. The number of rotatable bonds is 4. The van der Waals surface area contributed by atoms with E-state index in [9.17, 15) is 0 Å². The highest BCUT2D eigenvalue weighted by Crippen LogP contribution is 2.42. The molecule has 0 aliphatic carbocycles. The third kappa shape index (κ3) is 2.57. The van der Waals surface area contributed by atoms with Gasteiger partial charge >= 0.3 is 0 Å². The summed E-state index contributed by atoms with van der Waals surface area (Å²) in [5, 5.41) is 0. The Labute approximate surface area is 128 Å². The lowest BCUT2D eigenvalue weighted by Gasteiger charge is -2.16. The van der Waals surface area contributed by atoms with Crippen LogP contribution in [-0.2, 0) is 0 Å². The first-order valence-electron chi connectivity index (χ1n) is 6.42.